The number of ketones is 2. The van der Waals surface area contributed by atoms with Crippen molar-refractivity contribution in [2.75, 3.05) is 0 Å². The van der Waals surface area contributed by atoms with E-state index in [1.807, 2.05) is 40.7 Å². The van der Waals surface area contributed by atoms with Crippen LogP contribution in [0, 0.1) is 34.5 Å². The zero-order valence-corrected chi connectivity index (χ0v) is 24.4. The van der Waals surface area contributed by atoms with Crippen molar-refractivity contribution in [1.82, 2.24) is 0 Å². The van der Waals surface area contributed by atoms with Gasteiger partial charge in [0.15, 0.2) is 11.6 Å². The molecule has 0 spiro atoms. The second-order valence-electron chi connectivity index (χ2n) is 12.8. The van der Waals surface area contributed by atoms with E-state index in [9.17, 15) is 24.6 Å². The van der Waals surface area contributed by atoms with Crippen molar-refractivity contribution in [1.29, 1.82) is 0 Å². The first-order valence-electron chi connectivity index (χ1n) is 14.0. The first kappa shape index (κ1) is 29.9. The van der Waals surface area contributed by atoms with Crippen molar-refractivity contribution in [3.05, 3.63) is 46.5 Å². The van der Waals surface area contributed by atoms with Crippen LogP contribution in [0.1, 0.15) is 93.9 Å². The van der Waals surface area contributed by atoms with E-state index >= 15 is 0 Å². The van der Waals surface area contributed by atoms with Crippen LogP contribution >= 0.6 is 0 Å². The van der Waals surface area contributed by atoms with Gasteiger partial charge < -0.3 is 14.9 Å². The van der Waals surface area contributed by atoms with Crippen LogP contribution < -0.4 is 0 Å². The van der Waals surface area contributed by atoms with E-state index in [1.54, 1.807) is 6.92 Å². The maximum absolute atomic E-state index is 14.7. The third-order valence-corrected chi connectivity index (χ3v) is 9.49. The normalized spacial score (nSPS) is 31.3. The SMILES string of the molecule is C=C(C)[C@H]1C[C@@H](C[C@@]2(CC=C(C)C)C(=O)C([C@@H](CCC)CC(=O)O)=C(O)C3=C2O[C@H](C)[C@H](C)C3=O)C1(C)C. The largest absolute Gasteiger partial charge is 0.507 e. The van der Waals surface area contributed by atoms with Crippen LogP contribution in [0.4, 0.5) is 0 Å². The number of aliphatic hydroxyl groups excluding tert-OH is 1. The summed E-state index contributed by atoms with van der Waals surface area (Å²) in [5, 5.41) is 21.2. The predicted molar refractivity (Wildman–Crippen MR) is 148 cm³/mol. The van der Waals surface area contributed by atoms with Gasteiger partial charge in [-0.2, -0.15) is 0 Å². The average molecular weight is 527 g/mol. The van der Waals surface area contributed by atoms with Crippen LogP contribution in [-0.2, 0) is 19.1 Å². The Kier molecular flexibility index (Phi) is 8.55. The van der Waals surface area contributed by atoms with E-state index in [0.717, 1.165) is 17.6 Å². The predicted octanol–water partition coefficient (Wildman–Crippen LogP) is 7.12. The molecule has 0 saturated heterocycles. The molecule has 0 aromatic carbocycles. The monoisotopic (exact) mass is 526 g/mol. The lowest BCUT2D eigenvalue weighted by atomic mass is 9.48. The number of rotatable bonds is 10. The fraction of sp³-hybridized carbons (Fsp3) is 0.656. The Morgan fingerprint density at radius 3 is 2.34 bits per heavy atom. The van der Waals surface area contributed by atoms with E-state index in [4.69, 9.17) is 4.74 Å². The molecular weight excluding hydrogens is 480 g/mol. The molecule has 0 aromatic rings. The van der Waals surface area contributed by atoms with Crippen molar-refractivity contribution in [3.63, 3.8) is 0 Å². The summed E-state index contributed by atoms with van der Waals surface area (Å²) in [6.07, 6.45) is 4.01. The van der Waals surface area contributed by atoms with E-state index in [0.29, 0.717) is 31.6 Å². The second-order valence-corrected chi connectivity index (χ2v) is 12.8. The third-order valence-electron chi connectivity index (χ3n) is 9.49. The molecule has 1 saturated carbocycles. The number of hydrogen-bond donors (Lipinski definition) is 2. The molecule has 1 aliphatic heterocycles. The van der Waals surface area contributed by atoms with Gasteiger partial charge in [0, 0.05) is 11.5 Å². The summed E-state index contributed by atoms with van der Waals surface area (Å²) in [5.41, 5.74) is 1.02. The van der Waals surface area contributed by atoms with Crippen molar-refractivity contribution < 1.29 is 29.3 Å². The Balaban J connectivity index is 2.30. The van der Waals surface area contributed by atoms with Gasteiger partial charge in [-0.05, 0) is 70.6 Å². The molecule has 0 unspecified atom stereocenters. The van der Waals surface area contributed by atoms with Gasteiger partial charge >= 0.3 is 5.97 Å². The molecule has 0 amide bonds. The Morgan fingerprint density at radius 2 is 1.84 bits per heavy atom. The Labute approximate surface area is 227 Å². The summed E-state index contributed by atoms with van der Waals surface area (Å²) >= 11 is 0. The van der Waals surface area contributed by atoms with E-state index in [2.05, 4.69) is 20.4 Å². The Bertz CT molecular complexity index is 1110. The van der Waals surface area contributed by atoms with Gasteiger partial charge in [0.05, 0.1) is 23.3 Å². The van der Waals surface area contributed by atoms with Crippen LogP contribution in [0.2, 0.25) is 0 Å². The lowest BCUT2D eigenvalue weighted by Crippen LogP contribution is -2.53. The maximum atomic E-state index is 14.7. The molecule has 3 rings (SSSR count). The summed E-state index contributed by atoms with van der Waals surface area (Å²) in [6, 6.07) is 0. The summed E-state index contributed by atoms with van der Waals surface area (Å²) in [7, 11) is 0. The van der Waals surface area contributed by atoms with E-state index < -0.39 is 29.3 Å². The van der Waals surface area contributed by atoms with E-state index in [1.165, 1.54) is 0 Å². The molecule has 2 N–H and O–H groups in total. The molecular formula is C32H46O6. The minimum Gasteiger partial charge on any atom is -0.507 e. The highest BCUT2D eigenvalue weighted by Crippen LogP contribution is 2.61. The van der Waals surface area contributed by atoms with Crippen molar-refractivity contribution in [3.8, 4) is 0 Å². The first-order valence-corrected chi connectivity index (χ1v) is 14.0. The minimum atomic E-state index is -1.19. The quantitative estimate of drug-likeness (QED) is 0.294. The number of hydrogen-bond acceptors (Lipinski definition) is 5. The summed E-state index contributed by atoms with van der Waals surface area (Å²) in [6.45, 7) is 20.1. The standard InChI is InChI=1S/C32H46O6/c1-10-11-21(14-24(33)34)25-28(36)26-27(35)19(6)20(7)38-30(26)32(29(25)37,13-12-17(2)3)16-22-15-23(18(4)5)31(22,8)9/h12,19-23,36H,4,10-11,13-16H2,1-3,5-9H3,(H,33,34)/t19-,20+,21-,22-,23+,32-/m0/s1. The fourth-order valence-corrected chi connectivity index (χ4v) is 6.82. The number of aliphatic carboxylic acids is 1. The molecule has 210 valence electrons. The zero-order valence-electron chi connectivity index (χ0n) is 24.4. The lowest BCUT2D eigenvalue weighted by Gasteiger charge is -2.56. The highest BCUT2D eigenvalue weighted by molar-refractivity contribution is 6.12. The average Bonchev–Trinajstić information content (AvgIpc) is 2.80. The number of ether oxygens (including phenoxy) is 1. The number of carboxylic acids is 1. The van der Waals surface area contributed by atoms with Gasteiger partial charge in [-0.15, -0.1) is 0 Å². The summed E-state index contributed by atoms with van der Waals surface area (Å²) < 4.78 is 6.42. The number of carboxylic acid groups (broad SMARTS) is 1. The van der Waals surface area contributed by atoms with Gasteiger partial charge in [-0.3, -0.25) is 14.4 Å². The van der Waals surface area contributed by atoms with Gasteiger partial charge in [0.2, 0.25) is 0 Å². The maximum Gasteiger partial charge on any atom is 0.303 e. The molecule has 3 aliphatic rings. The Hall–Kier alpha value is -2.63. The van der Waals surface area contributed by atoms with Gasteiger partial charge in [-0.1, -0.05) is 57.9 Å². The smallest absolute Gasteiger partial charge is 0.303 e. The van der Waals surface area contributed by atoms with Gasteiger partial charge in [0.1, 0.15) is 17.6 Å². The van der Waals surface area contributed by atoms with Gasteiger partial charge in [0.25, 0.3) is 0 Å². The first-order chi connectivity index (χ1) is 17.6. The number of Topliss-reactive ketones (excluding diaryl/α,β-unsaturated/α-hetero) is 2. The molecule has 1 fully saturated rings. The molecule has 38 heavy (non-hydrogen) atoms. The van der Waals surface area contributed by atoms with Crippen molar-refractivity contribution >= 4 is 17.5 Å². The van der Waals surface area contributed by atoms with E-state index in [-0.39, 0.29) is 52.0 Å². The number of allylic oxidation sites excluding steroid dienone is 6. The van der Waals surface area contributed by atoms with Crippen LogP contribution in [-0.4, -0.2) is 33.9 Å². The van der Waals surface area contributed by atoms with Crippen molar-refractivity contribution in [2.45, 2.75) is 100 Å². The fourth-order valence-electron chi connectivity index (χ4n) is 6.82. The van der Waals surface area contributed by atoms with Crippen LogP contribution in [0.25, 0.3) is 0 Å². The van der Waals surface area contributed by atoms with Gasteiger partial charge in [-0.25, -0.2) is 0 Å². The molecule has 6 heteroatoms. The molecule has 0 radical (unpaired) electrons. The highest BCUT2D eigenvalue weighted by atomic mass is 16.5. The van der Waals surface area contributed by atoms with Crippen LogP contribution in [0.3, 0.4) is 0 Å². The van der Waals surface area contributed by atoms with Crippen LogP contribution in [0.5, 0.6) is 0 Å². The molecule has 0 bridgehead atoms. The second kappa shape index (κ2) is 10.9. The lowest BCUT2D eigenvalue weighted by molar-refractivity contribution is -0.138. The minimum absolute atomic E-state index is 0.0763. The summed E-state index contributed by atoms with van der Waals surface area (Å²) in [4.78, 5) is 40.3. The molecule has 6 atom stereocenters. The highest BCUT2D eigenvalue weighted by Gasteiger charge is 2.59. The van der Waals surface area contributed by atoms with Crippen molar-refractivity contribution in [2.24, 2.45) is 34.5 Å². The molecule has 2 aliphatic carbocycles. The number of carbonyl (C=O) groups is 3. The summed E-state index contributed by atoms with van der Waals surface area (Å²) in [5.74, 6) is -2.39. The Morgan fingerprint density at radius 1 is 1.21 bits per heavy atom. The molecule has 6 nitrogen and oxygen atoms in total. The van der Waals surface area contributed by atoms with Crippen LogP contribution in [0.15, 0.2) is 46.5 Å². The third kappa shape index (κ3) is 5.03. The molecule has 1 heterocycles. The zero-order chi connectivity index (χ0) is 28.7. The number of aliphatic hydroxyl groups is 1. The molecule has 0 aromatic heterocycles. The topological polar surface area (TPSA) is 101 Å². The number of carbonyl (C=O) groups excluding carboxylic acids is 2.